The average molecular weight is 640 g/mol. The molecule has 4 heteroatoms. The van der Waals surface area contributed by atoms with E-state index in [1.54, 1.807) is 0 Å². The van der Waals surface area contributed by atoms with E-state index in [0.717, 1.165) is 62.0 Å². The molecule has 0 N–H and O–H groups in total. The monoisotopic (exact) mass is 639 g/mol. The van der Waals surface area contributed by atoms with E-state index in [1.807, 2.05) is 54.7 Å². The predicted molar refractivity (Wildman–Crippen MR) is 199 cm³/mol. The summed E-state index contributed by atoms with van der Waals surface area (Å²) in [5.74, 6) is 2.23. The predicted octanol–water partition coefficient (Wildman–Crippen LogP) is 11.0. The first kappa shape index (κ1) is 28.4. The molecule has 0 saturated heterocycles. The third-order valence-corrected chi connectivity index (χ3v) is 10.0. The van der Waals surface area contributed by atoms with Crippen LogP contribution in [0.1, 0.15) is 22.3 Å². The van der Waals surface area contributed by atoms with Gasteiger partial charge in [0.2, 0.25) is 0 Å². The van der Waals surface area contributed by atoms with Crippen molar-refractivity contribution in [2.75, 3.05) is 0 Å². The van der Waals surface area contributed by atoms with Crippen molar-refractivity contribution < 1.29 is 4.74 Å². The Balaban J connectivity index is 1.23. The van der Waals surface area contributed by atoms with Gasteiger partial charge in [-0.15, -0.1) is 0 Å². The number of benzene rings is 6. The summed E-state index contributed by atoms with van der Waals surface area (Å²) in [5.41, 5.74) is 12.9. The van der Waals surface area contributed by atoms with Crippen molar-refractivity contribution in [2.24, 2.45) is 0 Å². The van der Waals surface area contributed by atoms with Gasteiger partial charge in [0.15, 0.2) is 5.82 Å². The van der Waals surface area contributed by atoms with Crippen molar-refractivity contribution in [3.63, 3.8) is 0 Å². The van der Waals surface area contributed by atoms with Crippen LogP contribution >= 0.6 is 0 Å². The molecule has 0 amide bonds. The third-order valence-electron chi connectivity index (χ3n) is 10.0. The minimum Gasteiger partial charge on any atom is -0.456 e. The lowest BCUT2D eigenvalue weighted by Gasteiger charge is -2.40. The number of ether oxygens (including phenoxy) is 1. The Morgan fingerprint density at radius 1 is 0.420 bits per heavy atom. The lowest BCUT2D eigenvalue weighted by Crippen LogP contribution is -2.32. The molecule has 8 aromatic rings. The molecule has 3 heterocycles. The Morgan fingerprint density at radius 3 is 1.60 bits per heavy atom. The van der Waals surface area contributed by atoms with E-state index < -0.39 is 5.41 Å². The maximum atomic E-state index is 6.98. The molecule has 0 atom stereocenters. The van der Waals surface area contributed by atoms with Crippen molar-refractivity contribution in [1.29, 1.82) is 0 Å². The van der Waals surface area contributed by atoms with Crippen LogP contribution in [0.3, 0.4) is 0 Å². The molecular weight excluding hydrogens is 611 g/mol. The average Bonchev–Trinajstić information content (AvgIpc) is 3.49. The van der Waals surface area contributed by atoms with Crippen LogP contribution in [-0.2, 0) is 5.41 Å². The van der Waals surface area contributed by atoms with Crippen LogP contribution < -0.4 is 4.74 Å². The molecule has 10 rings (SSSR count). The van der Waals surface area contributed by atoms with E-state index in [-0.39, 0.29) is 0 Å². The molecule has 1 spiro atoms. The molecule has 0 radical (unpaired) electrons. The van der Waals surface area contributed by atoms with Gasteiger partial charge in [-0.05, 0) is 52.6 Å². The minimum absolute atomic E-state index is 0.563. The highest BCUT2D eigenvalue weighted by Gasteiger charge is 2.51. The number of pyridine rings is 1. The summed E-state index contributed by atoms with van der Waals surface area (Å²) in [6, 6.07) is 59.1. The molecule has 0 fully saturated rings. The van der Waals surface area contributed by atoms with Gasteiger partial charge in [-0.2, -0.15) is 0 Å². The molecule has 0 bridgehead atoms. The number of rotatable bonds is 4. The van der Waals surface area contributed by atoms with Crippen LogP contribution in [0.15, 0.2) is 176 Å². The maximum Gasteiger partial charge on any atom is 0.162 e. The van der Waals surface area contributed by atoms with Gasteiger partial charge in [-0.1, -0.05) is 140 Å². The van der Waals surface area contributed by atoms with E-state index >= 15 is 0 Å². The van der Waals surface area contributed by atoms with Gasteiger partial charge < -0.3 is 4.74 Å². The second kappa shape index (κ2) is 11.2. The van der Waals surface area contributed by atoms with Gasteiger partial charge in [-0.25, -0.2) is 9.97 Å². The first-order chi connectivity index (χ1) is 24.8. The summed E-state index contributed by atoms with van der Waals surface area (Å²) in [7, 11) is 0. The molecule has 1 aliphatic heterocycles. The molecule has 4 nitrogen and oxygen atoms in total. The first-order valence-corrected chi connectivity index (χ1v) is 16.9. The Bertz CT molecular complexity index is 2480. The molecular formula is C46H29N3O. The van der Waals surface area contributed by atoms with Crippen LogP contribution in [-0.4, -0.2) is 15.0 Å². The molecule has 50 heavy (non-hydrogen) atoms. The molecule has 234 valence electrons. The van der Waals surface area contributed by atoms with Crippen LogP contribution in [0.25, 0.3) is 56.3 Å². The summed E-state index contributed by atoms with van der Waals surface area (Å²) < 4.78 is 6.98. The Morgan fingerprint density at radius 2 is 0.940 bits per heavy atom. The van der Waals surface area contributed by atoms with E-state index in [1.165, 1.54) is 22.3 Å². The molecule has 2 aliphatic rings. The van der Waals surface area contributed by atoms with Crippen molar-refractivity contribution >= 4 is 0 Å². The standard InChI is InChI=1S/C46H29N3O/c1-3-15-30(16-4-1)40-29-41(31-17-5-2-6-18-31)49-45(48-40)35-22-14-28-47-43(35)34-21-13-26-39-44(34)50-42-27-12-11-25-38(42)46(39)36-23-9-7-19-32(36)33-20-8-10-24-37(33)46/h1-29H. The van der Waals surface area contributed by atoms with Gasteiger partial charge in [0.25, 0.3) is 0 Å². The zero-order valence-electron chi connectivity index (χ0n) is 27.0. The molecule has 0 unspecified atom stereocenters. The van der Waals surface area contributed by atoms with Crippen molar-refractivity contribution in [3.05, 3.63) is 198 Å². The van der Waals surface area contributed by atoms with Gasteiger partial charge in [-0.3, -0.25) is 4.98 Å². The SMILES string of the molecule is c1ccc(-c2cc(-c3ccccc3)nc(-c3cccnc3-c3cccc4c3Oc3ccccc3C43c4ccccc4-c4ccccc43)n2)cc1. The normalized spacial score (nSPS) is 13.1. The van der Waals surface area contributed by atoms with Crippen molar-refractivity contribution in [3.8, 4) is 67.8 Å². The van der Waals surface area contributed by atoms with Gasteiger partial charge >= 0.3 is 0 Å². The van der Waals surface area contributed by atoms with E-state index in [9.17, 15) is 0 Å². The number of hydrogen-bond donors (Lipinski definition) is 0. The van der Waals surface area contributed by atoms with Crippen LogP contribution in [0.2, 0.25) is 0 Å². The summed E-state index contributed by atoms with van der Waals surface area (Å²) in [4.78, 5) is 15.4. The van der Waals surface area contributed by atoms with Gasteiger partial charge in [0.1, 0.15) is 11.5 Å². The number of fused-ring (bicyclic) bond motifs is 9. The molecule has 1 aliphatic carbocycles. The number of para-hydroxylation sites is 2. The quantitative estimate of drug-likeness (QED) is 0.192. The van der Waals surface area contributed by atoms with Gasteiger partial charge in [0.05, 0.1) is 22.5 Å². The topological polar surface area (TPSA) is 47.9 Å². The summed E-state index contributed by atoms with van der Waals surface area (Å²) >= 11 is 0. The molecule has 0 saturated carbocycles. The number of hydrogen-bond acceptors (Lipinski definition) is 4. The largest absolute Gasteiger partial charge is 0.456 e. The van der Waals surface area contributed by atoms with E-state index in [0.29, 0.717) is 5.82 Å². The van der Waals surface area contributed by atoms with E-state index in [4.69, 9.17) is 19.7 Å². The van der Waals surface area contributed by atoms with Crippen LogP contribution in [0.5, 0.6) is 11.5 Å². The fourth-order valence-electron chi connectivity index (χ4n) is 7.95. The van der Waals surface area contributed by atoms with Crippen molar-refractivity contribution in [1.82, 2.24) is 15.0 Å². The lowest BCUT2D eigenvalue weighted by molar-refractivity contribution is 0.438. The fraction of sp³-hybridized carbons (Fsp3) is 0.0217. The highest BCUT2D eigenvalue weighted by Crippen LogP contribution is 2.63. The van der Waals surface area contributed by atoms with Crippen LogP contribution in [0.4, 0.5) is 0 Å². The second-order valence-corrected chi connectivity index (χ2v) is 12.7. The van der Waals surface area contributed by atoms with Crippen LogP contribution in [0, 0.1) is 0 Å². The van der Waals surface area contributed by atoms with Gasteiger partial charge in [0, 0.05) is 39.6 Å². The Labute approximate surface area is 290 Å². The third kappa shape index (κ3) is 4.15. The zero-order valence-corrected chi connectivity index (χ0v) is 27.0. The molecule has 2 aromatic heterocycles. The first-order valence-electron chi connectivity index (χ1n) is 16.9. The maximum absolute atomic E-state index is 6.98. The lowest BCUT2D eigenvalue weighted by atomic mass is 9.65. The molecule has 6 aromatic carbocycles. The highest BCUT2D eigenvalue weighted by molar-refractivity contribution is 5.91. The van der Waals surface area contributed by atoms with Crippen molar-refractivity contribution in [2.45, 2.75) is 5.41 Å². The second-order valence-electron chi connectivity index (χ2n) is 12.7. The Hall–Kier alpha value is -6.65. The van der Waals surface area contributed by atoms with E-state index in [2.05, 4.69) is 121 Å². The number of nitrogens with zero attached hydrogens (tertiary/aromatic N) is 3. The Kier molecular flexibility index (Phi) is 6.36. The zero-order chi connectivity index (χ0) is 33.1. The summed E-state index contributed by atoms with van der Waals surface area (Å²) in [5, 5.41) is 0. The summed E-state index contributed by atoms with van der Waals surface area (Å²) in [6.07, 6.45) is 1.84. The minimum atomic E-state index is -0.563. The smallest absolute Gasteiger partial charge is 0.162 e. The fourth-order valence-corrected chi connectivity index (χ4v) is 7.95. The summed E-state index contributed by atoms with van der Waals surface area (Å²) in [6.45, 7) is 0. The highest BCUT2D eigenvalue weighted by atomic mass is 16.5. The number of aromatic nitrogens is 3.